The van der Waals surface area contributed by atoms with Crippen molar-refractivity contribution >= 4 is 35.7 Å². The van der Waals surface area contributed by atoms with E-state index in [1.54, 1.807) is 35.9 Å². The number of ether oxygens (including phenoxy) is 2. The van der Waals surface area contributed by atoms with E-state index in [-0.39, 0.29) is 61.5 Å². The highest BCUT2D eigenvalue weighted by Crippen LogP contribution is 2.29. The first-order valence-electron chi connectivity index (χ1n) is 17.7. The summed E-state index contributed by atoms with van der Waals surface area (Å²) in [5.74, 6) is -1.83. The lowest BCUT2D eigenvalue weighted by atomic mass is 9.90. The van der Waals surface area contributed by atoms with E-state index in [4.69, 9.17) is 15.2 Å². The van der Waals surface area contributed by atoms with E-state index in [2.05, 4.69) is 16.0 Å². The van der Waals surface area contributed by atoms with Crippen LogP contribution in [0.2, 0.25) is 0 Å². The Kier molecular flexibility index (Phi) is 16.4. The summed E-state index contributed by atoms with van der Waals surface area (Å²) >= 11 is 0. The maximum Gasteiger partial charge on any atom is 0.243 e. The molecule has 2 aromatic rings. The first kappa shape index (κ1) is 40.9. The Morgan fingerprint density at radius 1 is 1.00 bits per heavy atom. The van der Waals surface area contributed by atoms with E-state index < -0.39 is 30.2 Å². The zero-order valence-corrected chi connectivity index (χ0v) is 30.8. The zero-order chi connectivity index (χ0) is 37.5. The third-order valence-electron chi connectivity index (χ3n) is 10.0. The van der Waals surface area contributed by atoms with Crippen LogP contribution in [0, 0.1) is 11.8 Å². The summed E-state index contributed by atoms with van der Waals surface area (Å²) in [6.45, 7) is 6.37. The Morgan fingerprint density at radius 3 is 2.29 bits per heavy atom. The molecule has 5 amide bonds. The molecule has 13 heteroatoms. The molecule has 1 heterocycles. The van der Waals surface area contributed by atoms with Gasteiger partial charge in [-0.05, 0) is 42.0 Å². The highest BCUT2D eigenvalue weighted by molar-refractivity contribution is 5.89. The Bertz CT molecular complexity index is 1430. The summed E-state index contributed by atoms with van der Waals surface area (Å²) in [7, 11) is 4.71. The maximum atomic E-state index is 14.0. The topological polar surface area (TPSA) is 172 Å². The SMILES string of the molecule is CCC(C)C(C(CC(=O)N1CCCC1C(OC)C(C)C(=O)NC(Cc1ccccc1)C(=O)NCc1ccc(N)cc1)OC)N(C)C(=O)CNC=O. The number of methoxy groups -OCH3 is 2. The molecule has 7 unspecified atom stereocenters. The van der Waals surface area contributed by atoms with E-state index >= 15 is 0 Å². The van der Waals surface area contributed by atoms with Crippen molar-refractivity contribution in [1.82, 2.24) is 25.8 Å². The molecule has 1 aliphatic heterocycles. The normalized spacial score (nSPS) is 17.7. The molecule has 1 aliphatic rings. The Balaban J connectivity index is 1.75. The number of nitrogens with one attached hydrogen (secondary N) is 3. The fraction of sp³-hybridized carbons (Fsp3) is 0.553. The number of benzene rings is 2. The molecule has 51 heavy (non-hydrogen) atoms. The summed E-state index contributed by atoms with van der Waals surface area (Å²) < 4.78 is 11.8. The van der Waals surface area contributed by atoms with Crippen molar-refractivity contribution in [2.24, 2.45) is 11.8 Å². The van der Waals surface area contributed by atoms with Gasteiger partial charge in [-0.15, -0.1) is 0 Å². The molecule has 2 aromatic carbocycles. The van der Waals surface area contributed by atoms with Gasteiger partial charge in [0.15, 0.2) is 0 Å². The predicted molar refractivity (Wildman–Crippen MR) is 195 cm³/mol. The molecule has 280 valence electrons. The average molecular weight is 709 g/mol. The third-order valence-corrected chi connectivity index (χ3v) is 10.0. The summed E-state index contributed by atoms with van der Waals surface area (Å²) in [5.41, 5.74) is 8.19. The number of carbonyl (C=O) groups excluding carboxylic acids is 5. The summed E-state index contributed by atoms with van der Waals surface area (Å²) in [6, 6.07) is 15.0. The number of likely N-dealkylation sites (N-methyl/N-ethyl adjacent to an activating group) is 1. The predicted octanol–water partition coefficient (Wildman–Crippen LogP) is 2.28. The Labute approximate surface area is 302 Å². The van der Waals surface area contributed by atoms with E-state index in [9.17, 15) is 24.0 Å². The zero-order valence-electron chi connectivity index (χ0n) is 30.8. The van der Waals surface area contributed by atoms with Crippen LogP contribution in [-0.4, -0.2) is 105 Å². The molecule has 0 aromatic heterocycles. The average Bonchev–Trinajstić information content (AvgIpc) is 3.63. The highest BCUT2D eigenvalue weighted by Gasteiger charge is 2.42. The van der Waals surface area contributed by atoms with Crippen LogP contribution in [-0.2, 0) is 46.4 Å². The van der Waals surface area contributed by atoms with Gasteiger partial charge in [0.05, 0.1) is 43.2 Å². The van der Waals surface area contributed by atoms with Crippen LogP contribution in [0.15, 0.2) is 54.6 Å². The smallest absolute Gasteiger partial charge is 0.243 e. The number of carbonyl (C=O) groups is 5. The number of amides is 5. The number of rotatable bonds is 20. The number of anilines is 1. The molecular formula is C38H56N6O7. The number of nitrogens with zero attached hydrogens (tertiary/aromatic N) is 2. The Hall–Kier alpha value is -4.49. The van der Waals surface area contributed by atoms with E-state index in [1.807, 2.05) is 56.3 Å². The molecular weight excluding hydrogens is 652 g/mol. The lowest BCUT2D eigenvalue weighted by Gasteiger charge is -2.39. The third kappa shape index (κ3) is 11.5. The van der Waals surface area contributed by atoms with Gasteiger partial charge in [-0.25, -0.2) is 0 Å². The van der Waals surface area contributed by atoms with E-state index in [1.165, 1.54) is 14.2 Å². The van der Waals surface area contributed by atoms with Gasteiger partial charge in [0.1, 0.15) is 6.04 Å². The van der Waals surface area contributed by atoms with Gasteiger partial charge in [0.25, 0.3) is 0 Å². The second kappa shape index (κ2) is 20.4. The number of nitrogens with two attached hydrogens (primary N) is 1. The minimum Gasteiger partial charge on any atom is -0.399 e. The number of hydrogen-bond acceptors (Lipinski definition) is 8. The molecule has 3 rings (SSSR count). The van der Waals surface area contributed by atoms with Crippen molar-refractivity contribution in [1.29, 1.82) is 0 Å². The quantitative estimate of drug-likeness (QED) is 0.120. The second-order valence-electron chi connectivity index (χ2n) is 13.4. The molecule has 1 fully saturated rings. The lowest BCUT2D eigenvalue weighted by molar-refractivity contribution is -0.146. The van der Waals surface area contributed by atoms with Gasteiger partial charge in [-0.3, -0.25) is 24.0 Å². The van der Waals surface area contributed by atoms with Gasteiger partial charge < -0.3 is 41.0 Å². The molecule has 7 atom stereocenters. The summed E-state index contributed by atoms with van der Waals surface area (Å²) in [6.07, 6.45) is 1.65. The molecule has 0 saturated carbocycles. The van der Waals surface area contributed by atoms with Crippen molar-refractivity contribution in [3.8, 4) is 0 Å². The molecule has 5 N–H and O–H groups in total. The van der Waals surface area contributed by atoms with Crippen molar-refractivity contribution < 1.29 is 33.4 Å². The van der Waals surface area contributed by atoms with Crippen molar-refractivity contribution in [3.05, 3.63) is 65.7 Å². The molecule has 1 saturated heterocycles. The monoisotopic (exact) mass is 708 g/mol. The molecule has 0 aliphatic carbocycles. The van der Waals surface area contributed by atoms with Gasteiger partial charge in [-0.1, -0.05) is 69.7 Å². The Morgan fingerprint density at radius 2 is 1.69 bits per heavy atom. The van der Waals surface area contributed by atoms with Crippen LogP contribution in [0.1, 0.15) is 57.6 Å². The number of nitrogen functional groups attached to an aromatic ring is 1. The van der Waals surface area contributed by atoms with E-state index in [0.29, 0.717) is 25.1 Å². The van der Waals surface area contributed by atoms with Crippen LogP contribution >= 0.6 is 0 Å². The molecule has 0 radical (unpaired) electrons. The summed E-state index contributed by atoms with van der Waals surface area (Å²) in [5, 5.41) is 8.32. The van der Waals surface area contributed by atoms with Gasteiger partial charge in [0, 0.05) is 46.5 Å². The van der Waals surface area contributed by atoms with Crippen LogP contribution in [0.3, 0.4) is 0 Å². The minimum absolute atomic E-state index is 0.00488. The second-order valence-corrected chi connectivity index (χ2v) is 13.4. The van der Waals surface area contributed by atoms with Crippen LogP contribution in [0.5, 0.6) is 0 Å². The van der Waals surface area contributed by atoms with Crippen molar-refractivity contribution in [2.75, 3.05) is 40.1 Å². The fourth-order valence-corrected chi connectivity index (χ4v) is 6.89. The number of likely N-dealkylation sites (tertiary alicyclic amines) is 1. The molecule has 0 bridgehead atoms. The van der Waals surface area contributed by atoms with Crippen LogP contribution in [0.25, 0.3) is 0 Å². The van der Waals surface area contributed by atoms with Gasteiger partial charge in [0.2, 0.25) is 30.0 Å². The van der Waals surface area contributed by atoms with E-state index in [0.717, 1.165) is 24.0 Å². The maximum absolute atomic E-state index is 14.0. The van der Waals surface area contributed by atoms with Crippen molar-refractivity contribution in [3.63, 3.8) is 0 Å². The largest absolute Gasteiger partial charge is 0.399 e. The van der Waals surface area contributed by atoms with Gasteiger partial charge >= 0.3 is 0 Å². The molecule has 13 nitrogen and oxygen atoms in total. The fourth-order valence-electron chi connectivity index (χ4n) is 6.89. The standard InChI is InChI=1S/C38H56N6O7/c1-7-25(2)35(43(4)34(47)23-40-24-45)32(50-5)21-33(46)44-19-11-14-31(44)36(51-6)26(3)37(48)42-30(20-27-12-9-8-10-13-27)38(49)41-22-28-15-17-29(39)18-16-28/h8-10,12-13,15-18,24-26,30-32,35-36H,7,11,14,19-23,39H2,1-6H3,(H,40,45)(H,41,49)(H,42,48). The number of hydrogen-bond donors (Lipinski definition) is 4. The van der Waals surface area contributed by atoms with Crippen LogP contribution in [0.4, 0.5) is 5.69 Å². The minimum atomic E-state index is -0.851. The first-order chi connectivity index (χ1) is 24.4. The highest BCUT2D eigenvalue weighted by atomic mass is 16.5. The summed E-state index contributed by atoms with van der Waals surface area (Å²) in [4.78, 5) is 68.3. The lowest BCUT2D eigenvalue weighted by Crippen LogP contribution is -2.55. The van der Waals surface area contributed by atoms with Crippen molar-refractivity contribution in [2.45, 2.75) is 89.8 Å². The van der Waals surface area contributed by atoms with Crippen LogP contribution < -0.4 is 21.7 Å². The first-order valence-corrected chi connectivity index (χ1v) is 17.7. The molecule has 0 spiro atoms. The van der Waals surface area contributed by atoms with Gasteiger partial charge in [-0.2, -0.15) is 0 Å².